The highest BCUT2D eigenvalue weighted by Gasteiger charge is 2.57. The third-order valence-electron chi connectivity index (χ3n) is 6.74. The Hall–Kier alpha value is -1.66. The molecule has 28 heavy (non-hydrogen) atoms. The van der Waals surface area contributed by atoms with E-state index >= 15 is 4.39 Å². The van der Waals surface area contributed by atoms with Crippen LogP contribution in [0.15, 0.2) is 24.3 Å². The molecule has 1 aromatic carbocycles. The summed E-state index contributed by atoms with van der Waals surface area (Å²) >= 11 is 0. The summed E-state index contributed by atoms with van der Waals surface area (Å²) in [6, 6.07) is 6.56. The minimum absolute atomic E-state index is 0.0238. The Labute approximate surface area is 166 Å². The topological polar surface area (TPSA) is 50.8 Å². The van der Waals surface area contributed by atoms with Gasteiger partial charge in [-0.3, -0.25) is 20.0 Å². The number of fused-ring (bicyclic) bond motifs is 3. The summed E-state index contributed by atoms with van der Waals surface area (Å²) in [7, 11) is 1.75. The summed E-state index contributed by atoms with van der Waals surface area (Å²) in [5.74, 6) is 1.01. The Kier molecular flexibility index (Phi) is 5.12. The number of ether oxygens (including phenoxy) is 1. The third-order valence-corrected chi connectivity index (χ3v) is 6.74. The van der Waals surface area contributed by atoms with E-state index in [0.29, 0.717) is 29.0 Å². The number of anilines is 1. The molecule has 6 heteroatoms. The molecule has 1 aliphatic carbocycles. The molecule has 0 bridgehead atoms. The number of benzene rings is 1. The number of nitrogens with one attached hydrogen (secondary N) is 1. The minimum atomic E-state index is -1.75. The highest BCUT2D eigenvalue weighted by atomic mass is 19.1. The SMILES string of the molecule is CC(C)[C@@H]1CC[C@@H](C)C[C@H]1OC(=O)[C@H]1CC2(F)c3ccccc3N(C)OC2N1. The van der Waals surface area contributed by atoms with Gasteiger partial charge in [0.15, 0.2) is 11.9 Å². The Bertz CT molecular complexity index is 742. The number of carbonyl (C=O) groups excluding carboxylic acids is 1. The van der Waals surface area contributed by atoms with Crippen molar-refractivity contribution >= 4 is 11.7 Å². The van der Waals surface area contributed by atoms with Crippen molar-refractivity contribution in [3.63, 3.8) is 0 Å². The number of hydroxylamine groups is 1. The zero-order chi connectivity index (χ0) is 20.1. The number of esters is 1. The molecule has 2 fully saturated rings. The molecular formula is C22H31FN2O3. The van der Waals surface area contributed by atoms with Crippen LogP contribution in [0.3, 0.4) is 0 Å². The summed E-state index contributed by atoms with van der Waals surface area (Å²) in [4.78, 5) is 18.7. The summed E-state index contributed by atoms with van der Waals surface area (Å²) in [5, 5.41) is 4.60. The molecule has 1 saturated heterocycles. The average molecular weight is 390 g/mol. The first-order valence-corrected chi connectivity index (χ1v) is 10.4. The zero-order valence-corrected chi connectivity index (χ0v) is 17.2. The molecule has 1 N–H and O–H groups in total. The second kappa shape index (κ2) is 7.30. The van der Waals surface area contributed by atoms with Crippen molar-refractivity contribution in [1.82, 2.24) is 5.32 Å². The van der Waals surface area contributed by atoms with Gasteiger partial charge in [-0.15, -0.1) is 0 Å². The van der Waals surface area contributed by atoms with Crippen LogP contribution in [0.1, 0.15) is 52.0 Å². The lowest BCUT2D eigenvalue weighted by Gasteiger charge is -2.38. The minimum Gasteiger partial charge on any atom is -0.461 e. The fourth-order valence-corrected chi connectivity index (χ4v) is 5.09. The molecule has 5 nitrogen and oxygen atoms in total. The molecule has 2 heterocycles. The second-order valence-electron chi connectivity index (χ2n) is 9.09. The van der Waals surface area contributed by atoms with Gasteiger partial charge in [0.2, 0.25) is 0 Å². The van der Waals surface area contributed by atoms with E-state index in [0.717, 1.165) is 12.8 Å². The number of carbonyl (C=O) groups is 1. The Morgan fingerprint density at radius 3 is 2.86 bits per heavy atom. The molecule has 0 aromatic heterocycles. The first-order valence-electron chi connectivity index (χ1n) is 10.4. The van der Waals surface area contributed by atoms with Crippen LogP contribution in [0.25, 0.3) is 0 Å². The maximum atomic E-state index is 16.0. The van der Waals surface area contributed by atoms with Crippen LogP contribution in [0, 0.1) is 17.8 Å². The van der Waals surface area contributed by atoms with Crippen molar-refractivity contribution in [1.29, 1.82) is 0 Å². The molecule has 1 aromatic rings. The molecule has 2 unspecified atom stereocenters. The molecule has 6 atom stereocenters. The van der Waals surface area contributed by atoms with E-state index in [4.69, 9.17) is 9.57 Å². The fraction of sp³-hybridized carbons (Fsp3) is 0.682. The number of hydrogen-bond acceptors (Lipinski definition) is 5. The average Bonchev–Trinajstić information content (AvgIpc) is 3.00. The van der Waals surface area contributed by atoms with Gasteiger partial charge in [-0.25, -0.2) is 4.39 Å². The van der Waals surface area contributed by atoms with Crippen LogP contribution in [0.4, 0.5) is 10.1 Å². The van der Waals surface area contributed by atoms with Crippen molar-refractivity contribution < 1.29 is 18.8 Å². The molecule has 0 amide bonds. The molecule has 2 aliphatic heterocycles. The molecule has 154 valence electrons. The van der Waals surface area contributed by atoms with Gasteiger partial charge in [0.05, 0.1) is 5.69 Å². The van der Waals surface area contributed by atoms with Gasteiger partial charge in [-0.05, 0) is 36.7 Å². The molecule has 4 rings (SSSR count). The van der Waals surface area contributed by atoms with Gasteiger partial charge in [0.1, 0.15) is 12.1 Å². The van der Waals surface area contributed by atoms with Crippen LogP contribution >= 0.6 is 0 Å². The van der Waals surface area contributed by atoms with E-state index < -0.39 is 17.9 Å². The summed E-state index contributed by atoms with van der Waals surface area (Å²) < 4.78 is 21.9. The van der Waals surface area contributed by atoms with Crippen LogP contribution in [-0.4, -0.2) is 31.4 Å². The number of alkyl halides is 1. The van der Waals surface area contributed by atoms with Gasteiger partial charge in [0, 0.05) is 19.0 Å². The summed E-state index contributed by atoms with van der Waals surface area (Å²) in [5.41, 5.74) is -0.495. The maximum Gasteiger partial charge on any atom is 0.323 e. The van der Waals surface area contributed by atoms with E-state index in [1.807, 2.05) is 18.2 Å². The Balaban J connectivity index is 1.50. The van der Waals surface area contributed by atoms with Gasteiger partial charge < -0.3 is 4.74 Å². The van der Waals surface area contributed by atoms with Gasteiger partial charge >= 0.3 is 5.97 Å². The molecule has 1 saturated carbocycles. The number of rotatable bonds is 3. The number of nitrogens with zero attached hydrogens (tertiary/aromatic N) is 1. The maximum absolute atomic E-state index is 16.0. The quantitative estimate of drug-likeness (QED) is 0.793. The number of hydrogen-bond donors (Lipinski definition) is 1. The normalized spacial score (nSPS) is 37.5. The standard InChI is InChI=1S/C22H31FN2O3/c1-13(2)15-10-9-14(3)11-19(15)27-20(26)17-12-22(23)16-7-5-6-8-18(16)25(4)28-21(22)24-17/h5-8,13-15,17,19,21,24H,9-12H2,1-4H3/t14-,15+,17-,19-,21?,22?/m1/s1. The zero-order valence-electron chi connectivity index (χ0n) is 17.2. The highest BCUT2D eigenvalue weighted by molar-refractivity contribution is 5.77. The second-order valence-corrected chi connectivity index (χ2v) is 9.09. The van der Waals surface area contributed by atoms with Crippen molar-refractivity contribution in [2.75, 3.05) is 12.1 Å². The lowest BCUT2D eigenvalue weighted by Crippen LogP contribution is -2.49. The molecule has 0 spiro atoms. The van der Waals surface area contributed by atoms with Crippen LogP contribution in [0.2, 0.25) is 0 Å². The largest absolute Gasteiger partial charge is 0.461 e. The fourth-order valence-electron chi connectivity index (χ4n) is 5.09. The van der Waals surface area contributed by atoms with Crippen LogP contribution in [0.5, 0.6) is 0 Å². The predicted octanol–water partition coefficient (Wildman–Crippen LogP) is 3.92. The van der Waals surface area contributed by atoms with Crippen molar-refractivity contribution in [2.45, 2.75) is 70.5 Å². The number of halogens is 1. The first-order chi connectivity index (χ1) is 13.3. The van der Waals surface area contributed by atoms with Crippen molar-refractivity contribution in [2.24, 2.45) is 17.8 Å². The van der Waals surface area contributed by atoms with Gasteiger partial charge in [-0.2, -0.15) is 0 Å². The van der Waals surface area contributed by atoms with E-state index in [2.05, 4.69) is 26.1 Å². The lowest BCUT2D eigenvalue weighted by molar-refractivity contribution is -0.158. The van der Waals surface area contributed by atoms with Crippen molar-refractivity contribution in [3.8, 4) is 0 Å². The van der Waals surface area contributed by atoms with E-state index in [1.165, 1.54) is 6.42 Å². The van der Waals surface area contributed by atoms with Crippen LogP contribution < -0.4 is 10.4 Å². The first kappa shape index (κ1) is 19.6. The molecular weight excluding hydrogens is 359 g/mol. The van der Waals surface area contributed by atoms with E-state index in [9.17, 15) is 4.79 Å². The van der Waals surface area contributed by atoms with Crippen LogP contribution in [-0.2, 0) is 20.0 Å². The Morgan fingerprint density at radius 2 is 2.11 bits per heavy atom. The van der Waals surface area contributed by atoms with Gasteiger partial charge in [-0.1, -0.05) is 45.4 Å². The smallest absolute Gasteiger partial charge is 0.323 e. The Morgan fingerprint density at radius 1 is 1.36 bits per heavy atom. The monoisotopic (exact) mass is 390 g/mol. The lowest BCUT2D eigenvalue weighted by atomic mass is 9.75. The van der Waals surface area contributed by atoms with E-state index in [-0.39, 0.29) is 18.5 Å². The predicted molar refractivity (Wildman–Crippen MR) is 105 cm³/mol. The van der Waals surface area contributed by atoms with E-state index in [1.54, 1.807) is 18.2 Å². The number of para-hydroxylation sites is 1. The molecule has 0 radical (unpaired) electrons. The van der Waals surface area contributed by atoms with Crippen molar-refractivity contribution in [3.05, 3.63) is 29.8 Å². The summed E-state index contributed by atoms with van der Waals surface area (Å²) in [6.07, 6.45) is 2.17. The van der Waals surface area contributed by atoms with Gasteiger partial charge in [0.25, 0.3) is 0 Å². The molecule has 3 aliphatic rings. The summed E-state index contributed by atoms with van der Waals surface area (Å²) in [6.45, 7) is 6.57. The third kappa shape index (κ3) is 3.30. The highest BCUT2D eigenvalue weighted by Crippen LogP contribution is 2.48.